The molecule has 23 heavy (non-hydrogen) atoms. The van der Waals surface area contributed by atoms with Gasteiger partial charge in [-0.1, -0.05) is 18.8 Å². The summed E-state index contributed by atoms with van der Waals surface area (Å²) >= 11 is 0. The predicted octanol–water partition coefficient (Wildman–Crippen LogP) is 3.45. The number of nitrogen functional groups attached to an aromatic ring is 1. The maximum absolute atomic E-state index is 12.5. The molecule has 2 aromatic carbocycles. The van der Waals surface area contributed by atoms with Crippen LogP contribution in [0.15, 0.2) is 70.6 Å². The first-order chi connectivity index (χ1) is 10.7. The van der Waals surface area contributed by atoms with Gasteiger partial charge in [0.25, 0.3) is 0 Å². The summed E-state index contributed by atoms with van der Waals surface area (Å²) in [6.45, 7) is 8.13. The summed E-state index contributed by atoms with van der Waals surface area (Å²) in [5, 5.41) is 0. The second kappa shape index (κ2) is 6.60. The number of sulfone groups is 1. The molecule has 0 aliphatic rings. The zero-order valence-corrected chi connectivity index (χ0v) is 15.1. The predicted molar refractivity (Wildman–Crippen MR) is 95.9 cm³/mol. The van der Waals surface area contributed by atoms with Crippen LogP contribution in [0.3, 0.4) is 0 Å². The minimum absolute atomic E-state index is 0.223. The zero-order chi connectivity index (χ0) is 17.1. The smallest absolute Gasteiger partial charge is 0.206 e. The van der Waals surface area contributed by atoms with Crippen LogP contribution in [0.4, 0.5) is 5.69 Å². The molecule has 2 rings (SSSR count). The van der Waals surface area contributed by atoms with E-state index < -0.39 is 17.9 Å². The first-order valence-electron chi connectivity index (χ1n) is 7.22. The van der Waals surface area contributed by atoms with Crippen molar-refractivity contribution in [3.8, 4) is 5.75 Å². The van der Waals surface area contributed by atoms with Gasteiger partial charge in [-0.05, 0) is 48.5 Å². The Hall–Kier alpha value is -2.05. The number of hydrogen-bond donors (Lipinski definition) is 1. The van der Waals surface area contributed by atoms with E-state index in [4.69, 9.17) is 10.5 Å². The van der Waals surface area contributed by atoms with E-state index in [9.17, 15) is 8.42 Å². The number of anilines is 1. The fourth-order valence-electron chi connectivity index (χ4n) is 1.83. The molecule has 4 nitrogen and oxygen atoms in total. The molecule has 0 saturated carbocycles. The van der Waals surface area contributed by atoms with Gasteiger partial charge in [-0.2, -0.15) is 0 Å². The standard InChI is InChI=1S/C17H21NO3SSi/c1-4-23(2,3)13-21-15-7-11-17(12-8-15)22(19,20)16-9-5-14(18)6-10-16/h4-12H,1,13,18H2,2-3H3. The van der Waals surface area contributed by atoms with Crippen molar-refractivity contribution < 1.29 is 13.2 Å². The van der Waals surface area contributed by atoms with Crippen molar-refractivity contribution >= 4 is 23.6 Å². The van der Waals surface area contributed by atoms with Gasteiger partial charge in [0.05, 0.1) is 16.0 Å². The van der Waals surface area contributed by atoms with Crippen molar-refractivity contribution in [1.29, 1.82) is 0 Å². The Morgan fingerprint density at radius 3 is 2.00 bits per heavy atom. The Labute approximate surface area is 138 Å². The number of ether oxygens (including phenoxy) is 1. The normalized spacial score (nSPS) is 11.9. The first kappa shape index (κ1) is 17.3. The van der Waals surface area contributed by atoms with Gasteiger partial charge in [0.2, 0.25) is 9.84 Å². The molecule has 6 heteroatoms. The van der Waals surface area contributed by atoms with Gasteiger partial charge in [0, 0.05) is 5.69 Å². The van der Waals surface area contributed by atoms with Crippen LogP contribution < -0.4 is 10.5 Å². The SMILES string of the molecule is C=C[Si](C)(C)COc1ccc(S(=O)(=O)c2ccc(N)cc2)cc1. The van der Waals surface area contributed by atoms with Crippen LogP contribution in [0.1, 0.15) is 0 Å². The Morgan fingerprint density at radius 2 is 1.52 bits per heavy atom. The molecule has 0 heterocycles. The van der Waals surface area contributed by atoms with E-state index in [-0.39, 0.29) is 9.79 Å². The van der Waals surface area contributed by atoms with Crippen LogP contribution in [0.2, 0.25) is 13.1 Å². The fourth-order valence-corrected chi connectivity index (χ4v) is 3.74. The molecule has 122 valence electrons. The van der Waals surface area contributed by atoms with Gasteiger partial charge in [-0.3, -0.25) is 0 Å². The lowest BCUT2D eigenvalue weighted by atomic mass is 10.3. The third kappa shape index (κ3) is 4.24. The van der Waals surface area contributed by atoms with Gasteiger partial charge in [0.1, 0.15) is 13.8 Å². The molecule has 0 fully saturated rings. The van der Waals surface area contributed by atoms with E-state index in [1.54, 1.807) is 36.4 Å². The van der Waals surface area contributed by atoms with Crippen LogP contribution in [0.25, 0.3) is 0 Å². The summed E-state index contributed by atoms with van der Waals surface area (Å²) in [5.74, 6) is 0.656. The molecule has 0 aliphatic carbocycles. The monoisotopic (exact) mass is 347 g/mol. The molecular formula is C17H21NO3SSi. The van der Waals surface area contributed by atoms with Gasteiger partial charge in [0.15, 0.2) is 0 Å². The Morgan fingerprint density at radius 1 is 1.04 bits per heavy atom. The molecule has 0 saturated heterocycles. The minimum Gasteiger partial charge on any atom is -0.497 e. The first-order valence-corrected chi connectivity index (χ1v) is 12.0. The van der Waals surface area contributed by atoms with Gasteiger partial charge in [-0.25, -0.2) is 8.42 Å². The van der Waals surface area contributed by atoms with E-state index in [0.717, 1.165) is 0 Å². The van der Waals surface area contributed by atoms with E-state index in [1.807, 2.05) is 5.70 Å². The zero-order valence-electron chi connectivity index (χ0n) is 13.3. The summed E-state index contributed by atoms with van der Waals surface area (Å²) in [6.07, 6.45) is 0.612. The lowest BCUT2D eigenvalue weighted by molar-refractivity contribution is 0.378. The average Bonchev–Trinajstić information content (AvgIpc) is 2.54. The molecule has 2 N–H and O–H groups in total. The number of benzene rings is 2. The molecule has 0 aliphatic heterocycles. The quantitative estimate of drug-likeness (QED) is 0.642. The summed E-state index contributed by atoms with van der Waals surface area (Å²) in [6, 6.07) is 12.6. The Balaban J connectivity index is 2.18. The van der Waals surface area contributed by atoms with Crippen molar-refractivity contribution in [1.82, 2.24) is 0 Å². The molecule has 2 aromatic rings. The van der Waals surface area contributed by atoms with Crippen LogP contribution in [0.5, 0.6) is 5.75 Å². The molecule has 0 amide bonds. The van der Waals surface area contributed by atoms with E-state index in [2.05, 4.69) is 19.7 Å². The maximum Gasteiger partial charge on any atom is 0.206 e. The highest BCUT2D eigenvalue weighted by atomic mass is 32.2. The molecule has 0 bridgehead atoms. The Kier molecular flexibility index (Phi) is 4.96. The van der Waals surface area contributed by atoms with Crippen LogP contribution in [-0.4, -0.2) is 22.7 Å². The summed E-state index contributed by atoms with van der Waals surface area (Å²) < 4.78 is 30.8. The van der Waals surface area contributed by atoms with E-state index in [1.165, 1.54) is 12.1 Å². The molecule has 0 atom stereocenters. The van der Waals surface area contributed by atoms with Crippen molar-refractivity contribution in [2.24, 2.45) is 0 Å². The molecule has 0 aromatic heterocycles. The molecule has 0 spiro atoms. The lowest BCUT2D eigenvalue weighted by Crippen LogP contribution is -2.31. The van der Waals surface area contributed by atoms with Crippen LogP contribution >= 0.6 is 0 Å². The van der Waals surface area contributed by atoms with Crippen LogP contribution in [-0.2, 0) is 9.84 Å². The van der Waals surface area contributed by atoms with Gasteiger partial charge >= 0.3 is 0 Å². The molecular weight excluding hydrogens is 326 g/mol. The van der Waals surface area contributed by atoms with E-state index >= 15 is 0 Å². The number of rotatable bonds is 6. The third-order valence-electron chi connectivity index (χ3n) is 3.49. The van der Waals surface area contributed by atoms with E-state index in [0.29, 0.717) is 17.7 Å². The van der Waals surface area contributed by atoms with Gasteiger partial charge < -0.3 is 10.5 Å². The highest BCUT2D eigenvalue weighted by Gasteiger charge is 2.19. The second-order valence-corrected chi connectivity index (χ2v) is 12.6. The molecule has 0 unspecified atom stereocenters. The number of hydrogen-bond acceptors (Lipinski definition) is 4. The highest BCUT2D eigenvalue weighted by molar-refractivity contribution is 7.91. The van der Waals surface area contributed by atoms with Gasteiger partial charge in [-0.15, -0.1) is 6.58 Å². The Bertz CT molecular complexity index is 782. The fraction of sp³-hybridized carbons (Fsp3) is 0.176. The minimum atomic E-state index is -3.54. The van der Waals surface area contributed by atoms with Crippen molar-refractivity contribution in [2.75, 3.05) is 12.0 Å². The lowest BCUT2D eigenvalue weighted by Gasteiger charge is -2.17. The van der Waals surface area contributed by atoms with Crippen molar-refractivity contribution in [3.63, 3.8) is 0 Å². The highest BCUT2D eigenvalue weighted by Crippen LogP contribution is 2.24. The third-order valence-corrected chi connectivity index (χ3v) is 7.27. The average molecular weight is 348 g/mol. The second-order valence-electron chi connectivity index (χ2n) is 6.03. The summed E-state index contributed by atoms with van der Waals surface area (Å²) in [7, 11) is -5.10. The summed E-state index contributed by atoms with van der Waals surface area (Å²) in [5.41, 5.74) is 8.09. The number of nitrogens with two attached hydrogens (primary N) is 1. The molecule has 0 radical (unpaired) electrons. The van der Waals surface area contributed by atoms with Crippen LogP contribution in [0, 0.1) is 0 Å². The van der Waals surface area contributed by atoms with Crippen molar-refractivity contribution in [3.05, 3.63) is 60.8 Å². The summed E-state index contributed by atoms with van der Waals surface area (Å²) in [4.78, 5) is 0.454. The topological polar surface area (TPSA) is 69.4 Å². The largest absolute Gasteiger partial charge is 0.497 e. The maximum atomic E-state index is 12.5. The van der Waals surface area contributed by atoms with Crippen molar-refractivity contribution in [2.45, 2.75) is 22.9 Å².